The average molecular weight is 403 g/mol. The van der Waals surface area contributed by atoms with Crippen LogP contribution in [0.15, 0.2) is 29.2 Å². The number of hydrogen-bond donors (Lipinski definition) is 1. The molecule has 1 heterocycles. The second-order valence-electron chi connectivity index (χ2n) is 7.03. The number of anilines is 1. The number of carbonyl (C=O) groups is 1. The first-order chi connectivity index (χ1) is 12.0. The van der Waals surface area contributed by atoms with E-state index in [4.69, 9.17) is 0 Å². The lowest BCUT2D eigenvalue weighted by Crippen LogP contribution is -2.43. The van der Waals surface area contributed by atoms with Gasteiger partial charge in [0, 0.05) is 25.7 Å². The van der Waals surface area contributed by atoms with Crippen LogP contribution in [0.1, 0.15) is 33.6 Å². The Hall–Kier alpha value is -1.45. The molecule has 0 aliphatic carbocycles. The zero-order chi connectivity index (χ0) is 19.5. The second-order valence-corrected chi connectivity index (χ2v) is 11.3. The highest BCUT2D eigenvalue weighted by Gasteiger charge is 2.35. The van der Waals surface area contributed by atoms with Gasteiger partial charge in [-0.15, -0.1) is 0 Å². The Kier molecular flexibility index (Phi) is 6.46. The van der Waals surface area contributed by atoms with Crippen LogP contribution in [0.4, 0.5) is 5.69 Å². The van der Waals surface area contributed by atoms with E-state index in [1.54, 1.807) is 0 Å². The highest BCUT2D eigenvalue weighted by Crippen LogP contribution is 2.25. The molecule has 0 atom stereocenters. The van der Waals surface area contributed by atoms with Gasteiger partial charge in [0.05, 0.1) is 15.9 Å². The fourth-order valence-corrected chi connectivity index (χ4v) is 6.70. The van der Waals surface area contributed by atoms with Gasteiger partial charge in [0.15, 0.2) is 9.84 Å². The quantitative estimate of drug-likeness (QED) is 0.783. The molecule has 1 N–H and O–H groups in total. The van der Waals surface area contributed by atoms with Crippen LogP contribution in [0.25, 0.3) is 0 Å². The van der Waals surface area contributed by atoms with Crippen molar-refractivity contribution in [3.63, 3.8) is 0 Å². The molecule has 0 unspecified atom stereocenters. The monoisotopic (exact) mass is 402 g/mol. The lowest BCUT2D eigenvalue weighted by Gasteiger charge is -2.31. The van der Waals surface area contributed by atoms with E-state index in [1.165, 1.54) is 35.5 Å². The van der Waals surface area contributed by atoms with Gasteiger partial charge in [-0.3, -0.25) is 4.79 Å². The molecule has 9 heteroatoms. The van der Waals surface area contributed by atoms with Crippen LogP contribution in [0.5, 0.6) is 0 Å². The van der Waals surface area contributed by atoms with E-state index in [0.717, 1.165) is 0 Å². The number of rotatable bonds is 6. The minimum absolute atomic E-state index is 0.0592. The molecule has 146 valence electrons. The molecule has 0 bridgehead atoms. The van der Waals surface area contributed by atoms with Crippen molar-refractivity contribution in [3.8, 4) is 0 Å². The van der Waals surface area contributed by atoms with Gasteiger partial charge >= 0.3 is 0 Å². The van der Waals surface area contributed by atoms with Gasteiger partial charge in [-0.2, -0.15) is 4.31 Å². The van der Waals surface area contributed by atoms with Gasteiger partial charge in [0.25, 0.3) is 0 Å². The van der Waals surface area contributed by atoms with Crippen molar-refractivity contribution < 1.29 is 21.6 Å². The van der Waals surface area contributed by atoms with E-state index in [-0.39, 0.29) is 35.6 Å². The topological polar surface area (TPSA) is 101 Å². The maximum absolute atomic E-state index is 12.7. The number of sulfonamides is 1. The third-order valence-electron chi connectivity index (χ3n) is 4.29. The van der Waals surface area contributed by atoms with Gasteiger partial charge < -0.3 is 5.32 Å². The second kappa shape index (κ2) is 8.06. The fraction of sp³-hybridized carbons (Fsp3) is 0.588. The van der Waals surface area contributed by atoms with Crippen molar-refractivity contribution in [2.24, 2.45) is 5.92 Å². The molecule has 1 saturated heterocycles. The van der Waals surface area contributed by atoms with Gasteiger partial charge in [0.1, 0.15) is 0 Å². The van der Waals surface area contributed by atoms with Crippen molar-refractivity contribution in [1.82, 2.24) is 4.31 Å². The van der Waals surface area contributed by atoms with Gasteiger partial charge in [-0.05, 0) is 43.0 Å². The Morgan fingerprint density at radius 1 is 1.12 bits per heavy atom. The zero-order valence-electron chi connectivity index (χ0n) is 15.3. The highest BCUT2D eigenvalue weighted by molar-refractivity contribution is 7.92. The van der Waals surface area contributed by atoms with Gasteiger partial charge in [-0.25, -0.2) is 16.8 Å². The summed E-state index contributed by atoms with van der Waals surface area (Å²) in [5, 5.41) is 2.11. The molecule has 0 saturated carbocycles. The molecule has 1 aliphatic heterocycles. The maximum Gasteiger partial charge on any atom is 0.243 e. The minimum Gasteiger partial charge on any atom is -0.326 e. The number of benzene rings is 1. The molecule has 1 fully saturated rings. The molecule has 7 nitrogen and oxygen atoms in total. The number of hydrogen-bond acceptors (Lipinski definition) is 5. The van der Waals surface area contributed by atoms with Crippen molar-refractivity contribution in [2.45, 2.75) is 43.8 Å². The van der Waals surface area contributed by atoms with E-state index in [1.807, 2.05) is 13.8 Å². The number of carbonyl (C=O) groups excluding carboxylic acids is 1. The van der Waals surface area contributed by atoms with Crippen molar-refractivity contribution >= 4 is 31.5 Å². The van der Waals surface area contributed by atoms with E-state index in [0.29, 0.717) is 18.5 Å². The minimum atomic E-state index is -3.67. The van der Waals surface area contributed by atoms with E-state index >= 15 is 0 Å². The van der Waals surface area contributed by atoms with Crippen LogP contribution in [0, 0.1) is 5.92 Å². The van der Waals surface area contributed by atoms with Gasteiger partial charge in [0.2, 0.25) is 15.9 Å². The summed E-state index contributed by atoms with van der Waals surface area (Å²) in [5.74, 6) is -0.0381. The molecule has 0 spiro atoms. The van der Waals surface area contributed by atoms with Crippen LogP contribution in [0.2, 0.25) is 0 Å². The molecule has 1 aliphatic rings. The standard InChI is InChI=1S/C17H26N2O5S2/c1-13(2)12-25(21,22)16-8-10-19(11-9-16)26(23,24)17-6-4-15(5-7-17)18-14(3)20/h4-7,13,16H,8-12H2,1-3H3,(H,18,20). The smallest absolute Gasteiger partial charge is 0.243 e. The Labute approximate surface area is 155 Å². The van der Waals surface area contributed by atoms with Crippen LogP contribution in [0.3, 0.4) is 0 Å². The predicted octanol–water partition coefficient (Wildman–Crippen LogP) is 1.87. The number of nitrogens with one attached hydrogen (secondary N) is 1. The largest absolute Gasteiger partial charge is 0.326 e. The predicted molar refractivity (Wildman–Crippen MR) is 101 cm³/mol. The fourth-order valence-electron chi connectivity index (χ4n) is 3.09. The van der Waals surface area contributed by atoms with Crippen molar-refractivity contribution in [1.29, 1.82) is 0 Å². The van der Waals surface area contributed by atoms with Gasteiger partial charge in [-0.1, -0.05) is 13.8 Å². The molecule has 0 aromatic heterocycles. The van der Waals surface area contributed by atoms with E-state index in [9.17, 15) is 21.6 Å². The third-order valence-corrected chi connectivity index (χ3v) is 8.82. The Morgan fingerprint density at radius 3 is 2.12 bits per heavy atom. The van der Waals surface area contributed by atoms with Crippen molar-refractivity contribution in [3.05, 3.63) is 24.3 Å². The average Bonchev–Trinajstić information content (AvgIpc) is 2.54. The SMILES string of the molecule is CC(=O)Nc1ccc(S(=O)(=O)N2CCC(S(=O)(=O)CC(C)C)CC2)cc1. The molecule has 26 heavy (non-hydrogen) atoms. The molecule has 1 aromatic rings. The van der Waals surface area contributed by atoms with Crippen LogP contribution in [-0.2, 0) is 24.7 Å². The Bertz CT molecular complexity index is 838. The summed E-state index contributed by atoms with van der Waals surface area (Å²) in [6.07, 6.45) is 0.635. The number of sulfone groups is 1. The Balaban J connectivity index is 2.07. The molecular formula is C17H26N2O5S2. The first-order valence-corrected chi connectivity index (χ1v) is 11.8. The van der Waals surface area contributed by atoms with Crippen LogP contribution in [-0.4, -0.2) is 51.1 Å². The summed E-state index contributed by atoms with van der Waals surface area (Å²) in [6, 6.07) is 5.96. The number of nitrogens with zero attached hydrogens (tertiary/aromatic N) is 1. The van der Waals surface area contributed by atoms with E-state index in [2.05, 4.69) is 5.32 Å². The Morgan fingerprint density at radius 2 is 1.65 bits per heavy atom. The van der Waals surface area contributed by atoms with E-state index < -0.39 is 25.1 Å². The number of piperidine rings is 1. The molecule has 2 rings (SSSR count). The summed E-state index contributed by atoms with van der Waals surface area (Å²) in [7, 11) is -6.87. The third kappa shape index (κ3) is 5.05. The maximum atomic E-state index is 12.7. The normalized spacial score (nSPS) is 17.4. The number of amides is 1. The van der Waals surface area contributed by atoms with Crippen molar-refractivity contribution in [2.75, 3.05) is 24.2 Å². The zero-order valence-corrected chi connectivity index (χ0v) is 16.9. The lowest BCUT2D eigenvalue weighted by molar-refractivity contribution is -0.114. The molecule has 0 radical (unpaired) electrons. The summed E-state index contributed by atoms with van der Waals surface area (Å²) >= 11 is 0. The molecule has 1 aromatic carbocycles. The summed E-state index contributed by atoms with van der Waals surface area (Å²) < 4.78 is 51.5. The highest BCUT2D eigenvalue weighted by atomic mass is 32.2. The summed E-state index contributed by atoms with van der Waals surface area (Å²) in [4.78, 5) is 11.2. The lowest BCUT2D eigenvalue weighted by atomic mass is 10.2. The summed E-state index contributed by atoms with van der Waals surface area (Å²) in [6.45, 7) is 5.49. The molecule has 1 amide bonds. The first kappa shape index (κ1) is 20.9. The van der Waals surface area contributed by atoms with Crippen LogP contribution >= 0.6 is 0 Å². The van der Waals surface area contributed by atoms with Crippen LogP contribution < -0.4 is 5.32 Å². The molecular weight excluding hydrogens is 376 g/mol. The first-order valence-electron chi connectivity index (χ1n) is 8.62. The summed E-state index contributed by atoms with van der Waals surface area (Å²) in [5.41, 5.74) is 0.523.